The van der Waals surface area contributed by atoms with Crippen LogP contribution in [-0.4, -0.2) is 23.6 Å². The Bertz CT molecular complexity index is 916. The van der Waals surface area contributed by atoms with Crippen molar-refractivity contribution in [2.45, 2.75) is 51.0 Å². The first kappa shape index (κ1) is 21.5. The molecule has 3 nitrogen and oxygen atoms in total. The summed E-state index contributed by atoms with van der Waals surface area (Å²) in [5.41, 5.74) is 3.66. The summed E-state index contributed by atoms with van der Waals surface area (Å²) in [5.74, 6) is -2.89. The second-order valence-corrected chi connectivity index (χ2v) is 8.85. The largest absolute Gasteiger partial charge is 0.461 e. The third-order valence-corrected chi connectivity index (χ3v) is 6.57. The Hall–Kier alpha value is -2.21. The number of Topliss-reactive ketones (excluding diaryl/α,β-unsaturated/α-hetero) is 1. The Kier molecular flexibility index (Phi) is 6.42. The van der Waals surface area contributed by atoms with Gasteiger partial charge in [0.1, 0.15) is 12.0 Å². The maximum Gasteiger partial charge on any atom is 0.321 e. The Morgan fingerprint density at radius 1 is 1.07 bits per heavy atom. The zero-order valence-corrected chi connectivity index (χ0v) is 17.7. The molecule has 6 heteroatoms. The van der Waals surface area contributed by atoms with Crippen molar-refractivity contribution in [3.8, 4) is 0 Å². The van der Waals surface area contributed by atoms with Gasteiger partial charge in [-0.1, -0.05) is 24.6 Å². The fourth-order valence-electron chi connectivity index (χ4n) is 3.85. The van der Waals surface area contributed by atoms with E-state index >= 15 is 0 Å². The minimum Gasteiger partial charge on any atom is -0.461 e. The van der Waals surface area contributed by atoms with Gasteiger partial charge in [0.15, 0.2) is 17.4 Å². The number of carbonyl (C=O) groups is 2. The molecule has 3 unspecified atom stereocenters. The quantitative estimate of drug-likeness (QED) is 0.376. The molecular weight excluding hydrogens is 394 g/mol. The topological polar surface area (TPSA) is 43.4 Å². The van der Waals surface area contributed by atoms with Gasteiger partial charge in [0.05, 0.1) is 0 Å². The SMILES string of the molecule is Cc1cc(C)c(C2C(=O)CC(C(C)CSc3ccc(F)c(F)c3)OC2=O)c(C)c1. The number of aryl methyl sites for hydroxylation is 3. The Labute approximate surface area is 173 Å². The van der Waals surface area contributed by atoms with E-state index in [0.717, 1.165) is 34.4 Å². The van der Waals surface area contributed by atoms with E-state index in [1.807, 2.05) is 39.8 Å². The van der Waals surface area contributed by atoms with Crippen molar-refractivity contribution >= 4 is 23.5 Å². The predicted octanol–water partition coefficient (Wildman–Crippen LogP) is 5.29. The van der Waals surface area contributed by atoms with Gasteiger partial charge in [-0.3, -0.25) is 9.59 Å². The summed E-state index contributed by atoms with van der Waals surface area (Å²) in [5, 5.41) is 0. The van der Waals surface area contributed by atoms with Gasteiger partial charge >= 0.3 is 5.97 Å². The molecule has 0 bridgehead atoms. The van der Waals surface area contributed by atoms with Crippen LogP contribution in [0, 0.1) is 38.3 Å². The fourth-order valence-corrected chi connectivity index (χ4v) is 4.87. The lowest BCUT2D eigenvalue weighted by Crippen LogP contribution is -2.41. The fraction of sp³-hybridized carbons (Fsp3) is 0.391. The van der Waals surface area contributed by atoms with E-state index in [-0.39, 0.29) is 18.1 Å². The van der Waals surface area contributed by atoms with Crippen molar-refractivity contribution in [3.05, 3.63) is 64.2 Å². The van der Waals surface area contributed by atoms with Gasteiger partial charge < -0.3 is 4.74 Å². The summed E-state index contributed by atoms with van der Waals surface area (Å²) < 4.78 is 32.1. The molecule has 154 valence electrons. The third kappa shape index (κ3) is 4.69. The number of hydrogen-bond acceptors (Lipinski definition) is 4. The van der Waals surface area contributed by atoms with Gasteiger partial charge in [-0.2, -0.15) is 0 Å². The van der Waals surface area contributed by atoms with Gasteiger partial charge in [0.2, 0.25) is 0 Å². The molecule has 2 aromatic rings. The number of ether oxygens (including phenoxy) is 1. The highest BCUT2D eigenvalue weighted by atomic mass is 32.2. The van der Waals surface area contributed by atoms with Crippen LogP contribution in [-0.2, 0) is 14.3 Å². The third-order valence-electron chi connectivity index (χ3n) is 5.29. The van der Waals surface area contributed by atoms with Crippen molar-refractivity contribution < 1.29 is 23.1 Å². The van der Waals surface area contributed by atoms with E-state index in [0.29, 0.717) is 10.6 Å². The highest BCUT2D eigenvalue weighted by molar-refractivity contribution is 7.99. The van der Waals surface area contributed by atoms with Crippen molar-refractivity contribution in [1.82, 2.24) is 0 Å². The Morgan fingerprint density at radius 3 is 2.31 bits per heavy atom. The van der Waals surface area contributed by atoms with Crippen LogP contribution in [0.25, 0.3) is 0 Å². The molecule has 0 N–H and O–H groups in total. The van der Waals surface area contributed by atoms with Gasteiger partial charge in [-0.05, 0) is 55.7 Å². The molecule has 0 spiro atoms. The molecule has 0 aromatic heterocycles. The maximum absolute atomic E-state index is 13.4. The number of halogens is 2. The summed E-state index contributed by atoms with van der Waals surface area (Å²) in [6.07, 6.45) is -0.363. The molecule has 3 rings (SSSR count). The highest BCUT2D eigenvalue weighted by Gasteiger charge is 2.41. The van der Waals surface area contributed by atoms with Crippen LogP contribution < -0.4 is 0 Å². The first-order chi connectivity index (χ1) is 13.7. The number of esters is 1. The average Bonchev–Trinajstić information content (AvgIpc) is 2.63. The predicted molar refractivity (Wildman–Crippen MR) is 109 cm³/mol. The van der Waals surface area contributed by atoms with Crippen LogP contribution in [0.5, 0.6) is 0 Å². The standard InChI is InChI=1S/C23H24F2O3S/c1-12-7-13(2)21(14(3)8-12)22-19(26)10-20(28-23(22)27)15(4)11-29-16-5-6-17(24)18(25)9-16/h5-9,15,20,22H,10-11H2,1-4H3. The van der Waals surface area contributed by atoms with Gasteiger partial charge in [-0.15, -0.1) is 11.8 Å². The molecule has 0 aliphatic carbocycles. The second kappa shape index (κ2) is 8.66. The normalized spacial score (nSPS) is 20.5. The number of rotatable bonds is 5. The number of carbonyl (C=O) groups excluding carboxylic acids is 2. The molecule has 1 saturated heterocycles. The number of ketones is 1. The molecule has 29 heavy (non-hydrogen) atoms. The van der Waals surface area contributed by atoms with Crippen LogP contribution in [0.3, 0.4) is 0 Å². The van der Waals surface area contributed by atoms with E-state index in [2.05, 4.69) is 0 Å². The van der Waals surface area contributed by atoms with Crippen molar-refractivity contribution in [2.75, 3.05) is 5.75 Å². The van der Waals surface area contributed by atoms with Crippen molar-refractivity contribution in [2.24, 2.45) is 5.92 Å². The van der Waals surface area contributed by atoms with Gasteiger partial charge in [0.25, 0.3) is 0 Å². The van der Waals surface area contributed by atoms with Gasteiger partial charge in [0, 0.05) is 23.0 Å². The van der Waals surface area contributed by atoms with Gasteiger partial charge in [-0.25, -0.2) is 8.78 Å². The van der Waals surface area contributed by atoms with Crippen molar-refractivity contribution in [1.29, 1.82) is 0 Å². The summed E-state index contributed by atoms with van der Waals surface area (Å²) in [6, 6.07) is 7.67. The molecule has 0 radical (unpaired) electrons. The van der Waals surface area contributed by atoms with Crippen LogP contribution in [0.4, 0.5) is 8.78 Å². The first-order valence-corrected chi connectivity index (χ1v) is 10.5. The molecule has 1 aliphatic rings. The van der Waals surface area contributed by atoms with Crippen LogP contribution in [0.15, 0.2) is 35.2 Å². The van der Waals surface area contributed by atoms with E-state index in [1.165, 1.54) is 17.8 Å². The van der Waals surface area contributed by atoms with Crippen LogP contribution in [0.1, 0.15) is 41.5 Å². The number of cyclic esters (lactones) is 1. The number of hydrogen-bond donors (Lipinski definition) is 0. The van der Waals surface area contributed by atoms with Crippen LogP contribution in [0.2, 0.25) is 0 Å². The molecular formula is C23H24F2O3S. The molecule has 1 aliphatic heterocycles. The zero-order valence-electron chi connectivity index (χ0n) is 16.9. The van der Waals surface area contributed by atoms with E-state index < -0.39 is 29.6 Å². The number of thioether (sulfide) groups is 1. The van der Waals surface area contributed by atoms with E-state index in [1.54, 1.807) is 0 Å². The minimum absolute atomic E-state index is 0.109. The lowest BCUT2D eigenvalue weighted by atomic mass is 9.82. The lowest BCUT2D eigenvalue weighted by molar-refractivity contribution is -0.162. The van der Waals surface area contributed by atoms with Crippen molar-refractivity contribution in [3.63, 3.8) is 0 Å². The molecule has 0 saturated carbocycles. The summed E-state index contributed by atoms with van der Waals surface area (Å²) >= 11 is 1.34. The first-order valence-electron chi connectivity index (χ1n) is 9.56. The monoisotopic (exact) mass is 418 g/mol. The number of benzene rings is 2. The molecule has 2 aromatic carbocycles. The zero-order chi connectivity index (χ0) is 21.3. The highest BCUT2D eigenvalue weighted by Crippen LogP contribution is 2.35. The Balaban J connectivity index is 1.68. The average molecular weight is 419 g/mol. The summed E-state index contributed by atoms with van der Waals surface area (Å²) in [4.78, 5) is 26.2. The molecule has 1 heterocycles. The molecule has 1 fully saturated rings. The molecule has 0 amide bonds. The Morgan fingerprint density at radius 2 is 1.72 bits per heavy atom. The van der Waals surface area contributed by atoms with Crippen LogP contribution >= 0.6 is 11.8 Å². The summed E-state index contributed by atoms with van der Waals surface area (Å²) in [6.45, 7) is 7.68. The summed E-state index contributed by atoms with van der Waals surface area (Å²) in [7, 11) is 0. The van der Waals surface area contributed by atoms with E-state index in [9.17, 15) is 18.4 Å². The maximum atomic E-state index is 13.4. The minimum atomic E-state index is -0.895. The van der Waals surface area contributed by atoms with E-state index in [4.69, 9.17) is 4.74 Å². The molecule has 3 atom stereocenters. The second-order valence-electron chi connectivity index (χ2n) is 7.76. The lowest BCUT2D eigenvalue weighted by Gasteiger charge is -2.32. The smallest absolute Gasteiger partial charge is 0.321 e.